The molecule has 0 aliphatic heterocycles. The van der Waals surface area contributed by atoms with Gasteiger partial charge in [0.15, 0.2) is 0 Å². The molecule has 1 aromatic carbocycles. The number of ether oxygens (including phenoxy) is 1. The molecule has 1 heterocycles. The third-order valence-electron chi connectivity index (χ3n) is 3.38. The number of rotatable bonds is 6. The third kappa shape index (κ3) is 3.15. The quantitative estimate of drug-likeness (QED) is 0.751. The lowest BCUT2D eigenvalue weighted by molar-refractivity contribution is 0.318. The standard InChI is InChI=1S/C17H22N2O/c1-5-9-18(3)13-15-11-14-12-16(20-10-6-2)7-8-17(14)19(15)4/h1,7-8,11-12H,6,9-10,13H2,2-4H3. The second-order valence-corrected chi connectivity index (χ2v) is 5.14. The Kier molecular flexibility index (Phi) is 4.70. The van der Waals surface area contributed by atoms with Gasteiger partial charge in [-0.05, 0) is 37.7 Å². The van der Waals surface area contributed by atoms with Crippen LogP contribution in [0.15, 0.2) is 24.3 Å². The normalized spacial score (nSPS) is 10.9. The Hall–Kier alpha value is -1.92. The maximum absolute atomic E-state index is 5.69. The lowest BCUT2D eigenvalue weighted by Gasteiger charge is -2.13. The molecule has 0 spiro atoms. The van der Waals surface area contributed by atoms with Gasteiger partial charge in [-0.25, -0.2) is 0 Å². The average Bonchev–Trinajstić information content (AvgIpc) is 2.73. The van der Waals surface area contributed by atoms with E-state index in [1.54, 1.807) is 0 Å². The topological polar surface area (TPSA) is 17.4 Å². The van der Waals surface area contributed by atoms with Crippen LogP contribution in [0.25, 0.3) is 10.9 Å². The van der Waals surface area contributed by atoms with Crippen LogP contribution in [0.2, 0.25) is 0 Å². The molecular weight excluding hydrogens is 248 g/mol. The Morgan fingerprint density at radius 3 is 2.85 bits per heavy atom. The molecule has 2 rings (SSSR count). The predicted molar refractivity (Wildman–Crippen MR) is 83.9 cm³/mol. The summed E-state index contributed by atoms with van der Waals surface area (Å²) in [4.78, 5) is 2.13. The summed E-state index contributed by atoms with van der Waals surface area (Å²) in [6.45, 7) is 4.38. The van der Waals surface area contributed by atoms with Crippen LogP contribution < -0.4 is 4.74 Å². The predicted octanol–water partition coefficient (Wildman–Crippen LogP) is 3.03. The van der Waals surface area contributed by atoms with Crippen LogP contribution in [0.1, 0.15) is 19.0 Å². The summed E-state index contributed by atoms with van der Waals surface area (Å²) in [5.74, 6) is 3.61. The van der Waals surface area contributed by atoms with Crippen molar-refractivity contribution in [3.63, 3.8) is 0 Å². The van der Waals surface area contributed by atoms with Gasteiger partial charge < -0.3 is 9.30 Å². The van der Waals surface area contributed by atoms with Crippen molar-refractivity contribution in [1.82, 2.24) is 9.47 Å². The van der Waals surface area contributed by atoms with Crippen LogP contribution in [-0.4, -0.2) is 29.7 Å². The summed E-state index contributed by atoms with van der Waals surface area (Å²) >= 11 is 0. The van der Waals surface area contributed by atoms with Gasteiger partial charge >= 0.3 is 0 Å². The largest absolute Gasteiger partial charge is 0.494 e. The van der Waals surface area contributed by atoms with E-state index in [0.717, 1.165) is 25.3 Å². The minimum Gasteiger partial charge on any atom is -0.494 e. The van der Waals surface area contributed by atoms with E-state index < -0.39 is 0 Å². The summed E-state index contributed by atoms with van der Waals surface area (Å²) < 4.78 is 7.90. The van der Waals surface area contributed by atoms with Crippen LogP contribution in [0.4, 0.5) is 0 Å². The molecule has 1 aromatic heterocycles. The van der Waals surface area contributed by atoms with Crippen LogP contribution >= 0.6 is 0 Å². The molecule has 0 bridgehead atoms. The maximum Gasteiger partial charge on any atom is 0.120 e. The summed E-state index contributed by atoms with van der Waals surface area (Å²) in [5, 5.41) is 1.21. The number of hydrogen-bond acceptors (Lipinski definition) is 2. The number of terminal acetylenes is 1. The highest BCUT2D eigenvalue weighted by atomic mass is 16.5. The van der Waals surface area contributed by atoms with Gasteiger partial charge in [-0.15, -0.1) is 6.42 Å². The summed E-state index contributed by atoms with van der Waals surface area (Å²) in [7, 11) is 4.13. The first-order valence-corrected chi connectivity index (χ1v) is 6.99. The van der Waals surface area contributed by atoms with Gasteiger partial charge in [0.05, 0.1) is 13.2 Å². The molecule has 0 saturated heterocycles. The molecule has 0 radical (unpaired) electrons. The van der Waals surface area contributed by atoms with Gasteiger partial charge in [-0.2, -0.15) is 0 Å². The van der Waals surface area contributed by atoms with Crippen LogP contribution in [0.3, 0.4) is 0 Å². The van der Waals surface area contributed by atoms with E-state index in [2.05, 4.69) is 47.6 Å². The van der Waals surface area contributed by atoms with Gasteiger partial charge in [0.2, 0.25) is 0 Å². The van der Waals surface area contributed by atoms with Gasteiger partial charge in [-0.3, -0.25) is 4.90 Å². The van der Waals surface area contributed by atoms with E-state index in [9.17, 15) is 0 Å². The monoisotopic (exact) mass is 270 g/mol. The van der Waals surface area contributed by atoms with Crippen LogP contribution in [-0.2, 0) is 13.6 Å². The Labute approximate surface area is 121 Å². The van der Waals surface area contributed by atoms with E-state index in [4.69, 9.17) is 11.2 Å². The number of benzene rings is 1. The molecular formula is C17H22N2O. The third-order valence-corrected chi connectivity index (χ3v) is 3.38. The van der Waals surface area contributed by atoms with Crippen molar-refractivity contribution in [2.75, 3.05) is 20.2 Å². The zero-order chi connectivity index (χ0) is 14.5. The van der Waals surface area contributed by atoms with Gasteiger partial charge in [-0.1, -0.05) is 12.8 Å². The molecule has 0 N–H and O–H groups in total. The van der Waals surface area contributed by atoms with Crippen LogP contribution in [0.5, 0.6) is 5.75 Å². The Balaban J connectivity index is 2.25. The van der Waals surface area contributed by atoms with E-state index in [1.165, 1.54) is 16.6 Å². The highest BCUT2D eigenvalue weighted by molar-refractivity contribution is 5.82. The van der Waals surface area contributed by atoms with Gasteiger partial charge in [0, 0.05) is 30.2 Å². The zero-order valence-corrected chi connectivity index (χ0v) is 12.5. The molecule has 3 heteroatoms. The molecule has 0 fully saturated rings. The molecule has 0 amide bonds. The number of nitrogens with zero attached hydrogens (tertiary/aromatic N) is 2. The summed E-state index contributed by atoms with van der Waals surface area (Å²) in [6.07, 6.45) is 6.37. The fourth-order valence-corrected chi connectivity index (χ4v) is 2.33. The van der Waals surface area contributed by atoms with Crippen LogP contribution in [0, 0.1) is 12.3 Å². The second kappa shape index (κ2) is 6.49. The Morgan fingerprint density at radius 2 is 2.15 bits per heavy atom. The van der Waals surface area contributed by atoms with Crippen molar-refractivity contribution < 1.29 is 4.74 Å². The lowest BCUT2D eigenvalue weighted by atomic mass is 10.2. The first-order valence-electron chi connectivity index (χ1n) is 6.99. The first kappa shape index (κ1) is 14.5. The minimum atomic E-state index is 0.659. The van der Waals surface area contributed by atoms with Crippen molar-refractivity contribution in [3.05, 3.63) is 30.0 Å². The van der Waals surface area contributed by atoms with Crippen molar-refractivity contribution in [2.24, 2.45) is 7.05 Å². The fourth-order valence-electron chi connectivity index (χ4n) is 2.33. The maximum atomic E-state index is 5.69. The second-order valence-electron chi connectivity index (χ2n) is 5.14. The molecule has 20 heavy (non-hydrogen) atoms. The van der Waals surface area contributed by atoms with E-state index >= 15 is 0 Å². The molecule has 0 aliphatic carbocycles. The molecule has 3 nitrogen and oxygen atoms in total. The molecule has 0 aliphatic rings. The van der Waals surface area contributed by atoms with Gasteiger partial charge in [0.25, 0.3) is 0 Å². The summed E-state index contributed by atoms with van der Waals surface area (Å²) in [6, 6.07) is 8.47. The van der Waals surface area contributed by atoms with E-state index in [1.807, 2.05) is 13.1 Å². The molecule has 106 valence electrons. The smallest absolute Gasteiger partial charge is 0.120 e. The minimum absolute atomic E-state index is 0.659. The number of aryl methyl sites for hydroxylation is 1. The SMILES string of the molecule is C#CCN(C)Cc1cc2cc(OCCC)ccc2n1C. The first-order chi connectivity index (χ1) is 9.65. The Morgan fingerprint density at radius 1 is 1.35 bits per heavy atom. The Bertz CT molecular complexity index is 622. The number of fused-ring (bicyclic) bond motifs is 1. The summed E-state index contributed by atoms with van der Waals surface area (Å²) in [5.41, 5.74) is 2.48. The van der Waals surface area contributed by atoms with Crippen molar-refractivity contribution in [2.45, 2.75) is 19.9 Å². The number of aromatic nitrogens is 1. The molecule has 0 atom stereocenters. The zero-order valence-electron chi connectivity index (χ0n) is 12.5. The van der Waals surface area contributed by atoms with Gasteiger partial charge in [0.1, 0.15) is 5.75 Å². The van der Waals surface area contributed by atoms with Crippen molar-refractivity contribution in [3.8, 4) is 18.1 Å². The highest BCUT2D eigenvalue weighted by Crippen LogP contribution is 2.24. The molecule has 0 unspecified atom stereocenters. The lowest BCUT2D eigenvalue weighted by Crippen LogP contribution is -2.19. The van der Waals surface area contributed by atoms with Crippen molar-refractivity contribution >= 4 is 10.9 Å². The number of hydrogen-bond donors (Lipinski definition) is 0. The van der Waals surface area contributed by atoms with Crippen molar-refractivity contribution in [1.29, 1.82) is 0 Å². The molecule has 2 aromatic rings. The average molecular weight is 270 g/mol. The van der Waals surface area contributed by atoms with E-state index in [0.29, 0.717) is 6.54 Å². The highest BCUT2D eigenvalue weighted by Gasteiger charge is 2.08. The molecule has 0 saturated carbocycles. The van der Waals surface area contributed by atoms with E-state index in [-0.39, 0.29) is 0 Å². The fraction of sp³-hybridized carbons (Fsp3) is 0.412.